The molecule has 0 aliphatic carbocycles. The number of hydrogen-bond donors (Lipinski definition) is 0. The molecule has 1 aliphatic heterocycles. The van der Waals surface area contributed by atoms with Gasteiger partial charge in [-0.25, -0.2) is 0 Å². The molecule has 0 N–H and O–H groups in total. The van der Waals surface area contributed by atoms with Gasteiger partial charge in [0.05, 0.1) is 17.0 Å². The number of nitro groups is 1. The maximum Gasteiger partial charge on any atom is 0.294 e. The summed E-state index contributed by atoms with van der Waals surface area (Å²) in [5.41, 5.74) is -0.868. The van der Waals surface area contributed by atoms with Crippen LogP contribution in [0, 0.1) is 20.2 Å². The minimum Gasteiger partial charge on any atom is -0.312 e. The van der Waals surface area contributed by atoms with Crippen LogP contribution < -0.4 is 0 Å². The van der Waals surface area contributed by atoms with Gasteiger partial charge in [0.25, 0.3) is 22.6 Å². The number of amides is 2. The minimum atomic E-state index is -1.05. The first-order chi connectivity index (χ1) is 9.43. The van der Waals surface area contributed by atoms with Gasteiger partial charge in [-0.15, -0.1) is 10.1 Å². The van der Waals surface area contributed by atoms with Crippen LogP contribution in [0.4, 0.5) is 5.69 Å². The molecule has 0 bridgehead atoms. The van der Waals surface area contributed by atoms with Crippen LogP contribution in [0.15, 0.2) is 18.2 Å². The fourth-order valence-corrected chi connectivity index (χ4v) is 1.88. The number of carbonyl (C=O) groups excluding carboxylic acids is 2. The summed E-state index contributed by atoms with van der Waals surface area (Å²) in [5, 5.41) is 19.8. The van der Waals surface area contributed by atoms with E-state index in [4.69, 9.17) is 0 Å². The van der Waals surface area contributed by atoms with Gasteiger partial charge in [0.2, 0.25) is 0 Å². The van der Waals surface area contributed by atoms with Crippen LogP contribution in [0.3, 0.4) is 0 Å². The summed E-state index contributed by atoms with van der Waals surface area (Å²) in [6.45, 7) is -0.850. The molecule has 1 heterocycles. The topological polar surface area (TPSA) is 133 Å². The Morgan fingerprint density at radius 1 is 1.15 bits per heavy atom. The highest BCUT2D eigenvalue weighted by atomic mass is 16.9. The Balaban J connectivity index is 2.28. The SMILES string of the molecule is O=C1c2cccc([N+](=O)[O-])c2C(=O)N1CCO[N+](=O)[O-]. The monoisotopic (exact) mass is 281 g/mol. The van der Waals surface area contributed by atoms with Gasteiger partial charge < -0.3 is 4.84 Å². The lowest BCUT2D eigenvalue weighted by Gasteiger charge is -2.12. The van der Waals surface area contributed by atoms with Crippen molar-refractivity contribution in [3.8, 4) is 0 Å². The minimum absolute atomic E-state index is 0.0923. The first-order valence-corrected chi connectivity index (χ1v) is 5.34. The maximum absolute atomic E-state index is 12.0. The average Bonchev–Trinajstić information content (AvgIpc) is 2.63. The van der Waals surface area contributed by atoms with Gasteiger partial charge in [0, 0.05) is 6.07 Å². The molecule has 2 amide bonds. The Hall–Kier alpha value is -3.04. The van der Waals surface area contributed by atoms with Gasteiger partial charge in [-0.3, -0.25) is 24.6 Å². The van der Waals surface area contributed by atoms with Crippen LogP contribution in [0.2, 0.25) is 0 Å². The highest BCUT2D eigenvalue weighted by Crippen LogP contribution is 2.30. The van der Waals surface area contributed by atoms with Crippen LogP contribution in [-0.4, -0.2) is 39.9 Å². The Labute approximate surface area is 110 Å². The maximum atomic E-state index is 12.0. The fourth-order valence-electron chi connectivity index (χ4n) is 1.88. The molecule has 0 saturated carbocycles. The van der Waals surface area contributed by atoms with Crippen molar-refractivity contribution in [2.24, 2.45) is 0 Å². The standard InChI is InChI=1S/C10H7N3O7/c14-9-6-2-1-3-7(12(16)17)8(6)10(15)11(9)4-5-20-13(18)19/h1-3H,4-5H2. The van der Waals surface area contributed by atoms with Crippen molar-refractivity contribution < 1.29 is 24.4 Å². The van der Waals surface area contributed by atoms with Gasteiger partial charge in [-0.05, 0) is 6.07 Å². The Morgan fingerprint density at radius 3 is 2.45 bits per heavy atom. The van der Waals surface area contributed by atoms with Gasteiger partial charge >= 0.3 is 0 Å². The van der Waals surface area contributed by atoms with Crippen molar-refractivity contribution in [1.29, 1.82) is 0 Å². The van der Waals surface area contributed by atoms with Gasteiger partial charge in [0.15, 0.2) is 0 Å². The molecule has 0 aromatic heterocycles. The largest absolute Gasteiger partial charge is 0.312 e. The number of imide groups is 1. The second-order valence-corrected chi connectivity index (χ2v) is 3.78. The molecule has 1 aromatic carbocycles. The lowest BCUT2D eigenvalue weighted by atomic mass is 10.1. The first kappa shape index (κ1) is 13.4. The van der Waals surface area contributed by atoms with Crippen molar-refractivity contribution in [2.45, 2.75) is 0 Å². The lowest BCUT2D eigenvalue weighted by Crippen LogP contribution is -2.33. The first-order valence-electron chi connectivity index (χ1n) is 5.34. The molecule has 0 saturated heterocycles. The Bertz CT molecular complexity index is 627. The third-order valence-electron chi connectivity index (χ3n) is 2.69. The highest BCUT2D eigenvalue weighted by Gasteiger charge is 2.40. The third-order valence-corrected chi connectivity index (χ3v) is 2.69. The number of hydrogen-bond acceptors (Lipinski definition) is 7. The van der Waals surface area contributed by atoms with Crippen molar-refractivity contribution in [2.75, 3.05) is 13.2 Å². The van der Waals surface area contributed by atoms with E-state index >= 15 is 0 Å². The quantitative estimate of drug-likeness (QED) is 0.433. The fraction of sp³-hybridized carbons (Fsp3) is 0.200. The summed E-state index contributed by atoms with van der Waals surface area (Å²) in [6.07, 6.45) is 0. The second-order valence-electron chi connectivity index (χ2n) is 3.78. The number of carbonyl (C=O) groups is 2. The zero-order valence-electron chi connectivity index (χ0n) is 9.85. The van der Waals surface area contributed by atoms with E-state index in [-0.39, 0.29) is 17.7 Å². The van der Waals surface area contributed by atoms with Crippen LogP contribution in [0.5, 0.6) is 0 Å². The smallest absolute Gasteiger partial charge is 0.294 e. The third kappa shape index (κ3) is 2.13. The van der Waals surface area contributed by atoms with Crippen LogP contribution in [0.25, 0.3) is 0 Å². The van der Waals surface area contributed by atoms with Gasteiger partial charge in [-0.1, -0.05) is 6.07 Å². The van der Waals surface area contributed by atoms with E-state index in [1.807, 2.05) is 0 Å². The van der Waals surface area contributed by atoms with E-state index < -0.39 is 34.1 Å². The predicted octanol–water partition coefficient (Wildman–Crippen LogP) is 0.399. The molecule has 20 heavy (non-hydrogen) atoms. The highest BCUT2D eigenvalue weighted by molar-refractivity contribution is 6.23. The summed E-state index contributed by atoms with van der Waals surface area (Å²) < 4.78 is 0. The molecule has 10 nitrogen and oxygen atoms in total. The number of rotatable bonds is 5. The molecular weight excluding hydrogens is 274 g/mol. The number of nitrogens with zero attached hydrogens (tertiary/aromatic N) is 3. The molecule has 0 atom stereocenters. The van der Waals surface area contributed by atoms with Crippen molar-refractivity contribution in [3.63, 3.8) is 0 Å². The molecule has 0 spiro atoms. The zero-order valence-corrected chi connectivity index (χ0v) is 9.85. The molecular formula is C10H7N3O7. The summed E-state index contributed by atoms with van der Waals surface area (Å²) in [6, 6.07) is 3.69. The average molecular weight is 281 g/mol. The number of nitro benzene ring substituents is 1. The predicted molar refractivity (Wildman–Crippen MR) is 61.4 cm³/mol. The van der Waals surface area contributed by atoms with E-state index in [1.54, 1.807) is 0 Å². The van der Waals surface area contributed by atoms with Gasteiger partial charge in [0.1, 0.15) is 12.2 Å². The summed E-state index contributed by atoms with van der Waals surface area (Å²) >= 11 is 0. The molecule has 1 aliphatic rings. The number of fused-ring (bicyclic) bond motifs is 1. The molecule has 104 valence electrons. The molecule has 0 unspecified atom stereocenters. The molecule has 10 heteroatoms. The van der Waals surface area contributed by atoms with Crippen molar-refractivity contribution in [1.82, 2.24) is 4.90 Å². The summed E-state index contributed by atoms with van der Waals surface area (Å²) in [4.78, 5) is 48.7. The Morgan fingerprint density at radius 2 is 1.85 bits per heavy atom. The number of benzene rings is 1. The lowest BCUT2D eigenvalue weighted by molar-refractivity contribution is -0.757. The van der Waals surface area contributed by atoms with E-state index in [0.717, 1.165) is 6.07 Å². The van der Waals surface area contributed by atoms with Crippen LogP contribution in [0.1, 0.15) is 20.7 Å². The van der Waals surface area contributed by atoms with Crippen molar-refractivity contribution >= 4 is 17.5 Å². The summed E-state index contributed by atoms with van der Waals surface area (Å²) in [5.74, 6) is -1.59. The molecule has 2 rings (SSSR count). The normalized spacial score (nSPS) is 13.3. The molecule has 0 fully saturated rings. The molecule has 1 aromatic rings. The van der Waals surface area contributed by atoms with Crippen molar-refractivity contribution in [3.05, 3.63) is 49.6 Å². The zero-order chi connectivity index (χ0) is 14.9. The second kappa shape index (κ2) is 4.91. The molecule has 0 radical (unpaired) electrons. The van der Waals surface area contributed by atoms with E-state index in [9.17, 15) is 29.8 Å². The van der Waals surface area contributed by atoms with Crippen LogP contribution >= 0.6 is 0 Å². The Kier molecular flexibility index (Phi) is 3.29. The van der Waals surface area contributed by atoms with E-state index in [0.29, 0.717) is 4.90 Å². The van der Waals surface area contributed by atoms with Crippen LogP contribution in [-0.2, 0) is 4.84 Å². The van der Waals surface area contributed by atoms with E-state index in [2.05, 4.69) is 4.84 Å². The summed E-state index contributed by atoms with van der Waals surface area (Å²) in [7, 11) is 0. The van der Waals surface area contributed by atoms with E-state index in [1.165, 1.54) is 12.1 Å². The van der Waals surface area contributed by atoms with Gasteiger partial charge in [-0.2, -0.15) is 0 Å².